The summed E-state index contributed by atoms with van der Waals surface area (Å²) in [5, 5.41) is 0. The van der Waals surface area contributed by atoms with Crippen molar-refractivity contribution >= 4 is 21.7 Å². The van der Waals surface area contributed by atoms with Crippen LogP contribution in [0, 0.1) is 0 Å². The number of pyridine rings is 1. The summed E-state index contributed by atoms with van der Waals surface area (Å²) in [7, 11) is 1.64. The van der Waals surface area contributed by atoms with Crippen molar-refractivity contribution < 1.29 is 4.74 Å². The highest BCUT2D eigenvalue weighted by atomic mass is 79.9. The van der Waals surface area contributed by atoms with Crippen molar-refractivity contribution in [3.8, 4) is 5.88 Å². The summed E-state index contributed by atoms with van der Waals surface area (Å²) in [6.07, 6.45) is 0. The van der Waals surface area contributed by atoms with E-state index in [0.717, 1.165) is 43.0 Å². The molecule has 0 aliphatic carbocycles. The van der Waals surface area contributed by atoms with Crippen molar-refractivity contribution in [2.75, 3.05) is 44.7 Å². The molecule has 1 aliphatic rings. The number of likely N-dealkylation sites (N-methyl/N-ethyl adjacent to an activating group) is 1. The van der Waals surface area contributed by atoms with Gasteiger partial charge in [0.15, 0.2) is 0 Å². The number of rotatable bonds is 3. The Kier molecular flexibility index (Phi) is 4.23. The van der Waals surface area contributed by atoms with Gasteiger partial charge in [0.05, 0.1) is 11.6 Å². The largest absolute Gasteiger partial charge is 0.480 e. The fourth-order valence-corrected chi connectivity index (χ4v) is 2.41. The third-order valence-corrected chi connectivity index (χ3v) is 3.74. The molecule has 5 heteroatoms. The number of halogens is 1. The Balaban J connectivity index is 2.08. The predicted octanol–water partition coefficient (Wildman–Crippen LogP) is 1.99. The van der Waals surface area contributed by atoms with E-state index in [1.165, 1.54) is 0 Å². The number of aromatic nitrogens is 1. The van der Waals surface area contributed by atoms with Crippen molar-refractivity contribution in [2.24, 2.45) is 0 Å². The van der Waals surface area contributed by atoms with Crippen molar-refractivity contribution in [3.63, 3.8) is 0 Å². The minimum absolute atomic E-state index is 0.653. The quantitative estimate of drug-likeness (QED) is 0.853. The average molecular weight is 300 g/mol. The van der Waals surface area contributed by atoms with Gasteiger partial charge in [-0.3, -0.25) is 0 Å². The van der Waals surface area contributed by atoms with Crippen LogP contribution in [0.1, 0.15) is 6.92 Å². The van der Waals surface area contributed by atoms with Gasteiger partial charge < -0.3 is 14.5 Å². The average Bonchev–Trinajstić information content (AvgIpc) is 2.39. The monoisotopic (exact) mass is 299 g/mol. The van der Waals surface area contributed by atoms with Crippen LogP contribution in [0.15, 0.2) is 16.6 Å². The molecule has 2 heterocycles. The summed E-state index contributed by atoms with van der Waals surface area (Å²) in [4.78, 5) is 9.26. The van der Waals surface area contributed by atoms with Gasteiger partial charge in [-0.1, -0.05) is 6.92 Å². The van der Waals surface area contributed by atoms with Gasteiger partial charge in [0.2, 0.25) is 5.88 Å². The summed E-state index contributed by atoms with van der Waals surface area (Å²) in [5.41, 5.74) is 0. The van der Waals surface area contributed by atoms with Gasteiger partial charge in [-0.25, -0.2) is 0 Å². The third-order valence-electron chi connectivity index (χ3n) is 3.14. The van der Waals surface area contributed by atoms with Gasteiger partial charge in [-0.15, -0.1) is 0 Å². The van der Waals surface area contributed by atoms with Gasteiger partial charge in [-0.2, -0.15) is 4.98 Å². The molecule has 2 rings (SSSR count). The lowest BCUT2D eigenvalue weighted by Crippen LogP contribution is -2.46. The first-order chi connectivity index (χ1) is 8.24. The Morgan fingerprint density at radius 1 is 1.29 bits per heavy atom. The number of ether oxygens (including phenoxy) is 1. The summed E-state index contributed by atoms with van der Waals surface area (Å²) in [5.74, 6) is 1.65. The van der Waals surface area contributed by atoms with Gasteiger partial charge >= 0.3 is 0 Å². The number of methoxy groups -OCH3 is 1. The molecule has 1 fully saturated rings. The van der Waals surface area contributed by atoms with Crippen molar-refractivity contribution in [2.45, 2.75) is 6.92 Å². The van der Waals surface area contributed by atoms with Crippen molar-refractivity contribution in [1.82, 2.24) is 9.88 Å². The van der Waals surface area contributed by atoms with E-state index >= 15 is 0 Å². The van der Waals surface area contributed by atoms with Crippen LogP contribution in [0.3, 0.4) is 0 Å². The molecule has 0 aromatic carbocycles. The fourth-order valence-electron chi connectivity index (χ4n) is 2.03. The first-order valence-electron chi connectivity index (χ1n) is 5.92. The maximum Gasteiger partial charge on any atom is 0.229 e. The molecule has 1 aliphatic heterocycles. The topological polar surface area (TPSA) is 28.6 Å². The van der Waals surface area contributed by atoms with E-state index in [2.05, 4.69) is 37.6 Å². The minimum Gasteiger partial charge on any atom is -0.480 e. The van der Waals surface area contributed by atoms with Crippen LogP contribution in [0.4, 0.5) is 5.82 Å². The molecule has 0 amide bonds. The highest BCUT2D eigenvalue weighted by molar-refractivity contribution is 9.10. The fraction of sp³-hybridized carbons (Fsp3) is 0.583. The highest BCUT2D eigenvalue weighted by Crippen LogP contribution is 2.26. The molecule has 0 atom stereocenters. The maximum absolute atomic E-state index is 5.22. The Bertz CT molecular complexity index is 378. The molecular formula is C12H18BrN3O. The zero-order valence-electron chi connectivity index (χ0n) is 10.3. The molecule has 0 spiro atoms. The summed E-state index contributed by atoms with van der Waals surface area (Å²) in [6, 6.07) is 4.03. The molecule has 4 nitrogen and oxygen atoms in total. The Morgan fingerprint density at radius 2 is 2.00 bits per heavy atom. The SMILES string of the molecule is CCN1CCN(c2ccc(Br)c(OC)n2)CC1. The van der Waals surface area contributed by atoms with Crippen LogP contribution in [0.5, 0.6) is 5.88 Å². The van der Waals surface area contributed by atoms with Crippen molar-refractivity contribution in [1.29, 1.82) is 0 Å². The van der Waals surface area contributed by atoms with Gasteiger partial charge in [-0.05, 0) is 34.6 Å². The Hall–Kier alpha value is -0.810. The number of anilines is 1. The standard InChI is InChI=1S/C12H18BrN3O/c1-3-15-6-8-16(9-7-15)11-5-4-10(13)12(14-11)17-2/h4-5H,3,6-9H2,1-2H3. The van der Waals surface area contributed by atoms with Crippen LogP contribution < -0.4 is 9.64 Å². The van der Waals surface area contributed by atoms with E-state index in [4.69, 9.17) is 4.74 Å². The zero-order valence-corrected chi connectivity index (χ0v) is 11.9. The lowest BCUT2D eigenvalue weighted by atomic mass is 10.3. The van der Waals surface area contributed by atoms with E-state index in [9.17, 15) is 0 Å². The number of piperazine rings is 1. The number of hydrogen-bond donors (Lipinski definition) is 0. The smallest absolute Gasteiger partial charge is 0.229 e. The third kappa shape index (κ3) is 2.90. The van der Waals surface area contributed by atoms with Crippen LogP contribution in [0.25, 0.3) is 0 Å². The van der Waals surface area contributed by atoms with Crippen molar-refractivity contribution in [3.05, 3.63) is 16.6 Å². The first-order valence-corrected chi connectivity index (χ1v) is 6.71. The zero-order chi connectivity index (χ0) is 12.3. The molecule has 0 N–H and O–H groups in total. The van der Waals surface area contributed by atoms with Crippen LogP contribution in [-0.4, -0.2) is 49.7 Å². The van der Waals surface area contributed by atoms with Crippen LogP contribution in [0.2, 0.25) is 0 Å². The van der Waals surface area contributed by atoms with E-state index in [1.807, 2.05) is 12.1 Å². The number of hydrogen-bond acceptors (Lipinski definition) is 4. The lowest BCUT2D eigenvalue weighted by molar-refractivity contribution is 0.270. The Morgan fingerprint density at radius 3 is 2.59 bits per heavy atom. The second-order valence-electron chi connectivity index (χ2n) is 4.08. The Labute approximate surface area is 111 Å². The molecule has 0 bridgehead atoms. The molecule has 1 aromatic heterocycles. The molecule has 0 unspecified atom stereocenters. The summed E-state index contributed by atoms with van der Waals surface area (Å²) >= 11 is 3.42. The van der Waals surface area contributed by atoms with E-state index in [0.29, 0.717) is 5.88 Å². The minimum atomic E-state index is 0.653. The normalized spacial score (nSPS) is 17.2. The van der Waals surface area contributed by atoms with E-state index in [1.54, 1.807) is 7.11 Å². The van der Waals surface area contributed by atoms with Crippen LogP contribution in [-0.2, 0) is 0 Å². The van der Waals surface area contributed by atoms with E-state index < -0.39 is 0 Å². The molecular weight excluding hydrogens is 282 g/mol. The second kappa shape index (κ2) is 5.69. The number of nitrogens with zero attached hydrogens (tertiary/aromatic N) is 3. The molecule has 1 aromatic rings. The summed E-state index contributed by atoms with van der Waals surface area (Å²) < 4.78 is 6.12. The van der Waals surface area contributed by atoms with Gasteiger partial charge in [0.25, 0.3) is 0 Å². The molecule has 1 saturated heterocycles. The first kappa shape index (κ1) is 12.6. The molecule has 94 valence electrons. The maximum atomic E-state index is 5.22. The predicted molar refractivity (Wildman–Crippen MR) is 72.8 cm³/mol. The van der Waals surface area contributed by atoms with E-state index in [-0.39, 0.29) is 0 Å². The lowest BCUT2D eigenvalue weighted by Gasteiger charge is -2.34. The molecule has 0 saturated carbocycles. The van der Waals surface area contributed by atoms with Crippen LogP contribution >= 0.6 is 15.9 Å². The molecule has 17 heavy (non-hydrogen) atoms. The van der Waals surface area contributed by atoms with Gasteiger partial charge in [0.1, 0.15) is 5.82 Å². The molecule has 0 radical (unpaired) electrons. The summed E-state index contributed by atoms with van der Waals surface area (Å²) in [6.45, 7) is 7.62. The highest BCUT2D eigenvalue weighted by Gasteiger charge is 2.17. The second-order valence-corrected chi connectivity index (χ2v) is 4.94. The van der Waals surface area contributed by atoms with Gasteiger partial charge in [0, 0.05) is 26.2 Å².